The molecule has 1 amide bonds. The second kappa shape index (κ2) is 8.86. The topological polar surface area (TPSA) is 65.5 Å². The van der Waals surface area contributed by atoms with E-state index >= 15 is 0 Å². The van der Waals surface area contributed by atoms with E-state index in [1.807, 2.05) is 35.7 Å². The average molecular weight is 442 g/mol. The fraction of sp³-hybridized carbons (Fsp3) is 0.304. The van der Waals surface area contributed by atoms with Gasteiger partial charge in [-0.15, -0.1) is 11.3 Å². The van der Waals surface area contributed by atoms with Gasteiger partial charge >= 0.3 is 0 Å². The summed E-state index contributed by atoms with van der Waals surface area (Å²) in [4.78, 5) is 20.4. The molecule has 1 saturated heterocycles. The number of thiophene rings is 1. The maximum atomic E-state index is 13.0. The van der Waals surface area contributed by atoms with E-state index in [0.29, 0.717) is 30.1 Å². The maximum Gasteiger partial charge on any atom is 0.251 e. The van der Waals surface area contributed by atoms with Crippen molar-refractivity contribution in [2.45, 2.75) is 37.6 Å². The molecule has 1 aliphatic rings. The van der Waals surface area contributed by atoms with Gasteiger partial charge in [-0.3, -0.25) is 14.7 Å². The standard InChI is InChI=1S/C23H24ClN3O2S/c1-23(29)10-12-27(15-17-9-11-25-14-18(17)24)20(19-8-5-13-30-19)21(23)26-22(28)16-6-3-2-4-7-16/h2-9,11,13-14,20-21,29H,10,12,15H2,1H3,(H,26,28). The van der Waals surface area contributed by atoms with E-state index in [2.05, 4.69) is 21.3 Å². The molecule has 7 heteroatoms. The molecule has 0 saturated carbocycles. The minimum atomic E-state index is -1.04. The number of rotatable bonds is 5. The van der Waals surface area contributed by atoms with Gasteiger partial charge < -0.3 is 10.4 Å². The molecule has 0 aliphatic carbocycles. The first-order valence-corrected chi connectivity index (χ1v) is 11.2. The molecule has 3 unspecified atom stereocenters. The minimum absolute atomic E-state index is 0.175. The lowest BCUT2D eigenvalue weighted by Gasteiger charge is -2.48. The van der Waals surface area contributed by atoms with Gasteiger partial charge in [0, 0.05) is 35.9 Å². The summed E-state index contributed by atoms with van der Waals surface area (Å²) in [7, 11) is 0. The average Bonchev–Trinajstić information content (AvgIpc) is 3.27. The summed E-state index contributed by atoms with van der Waals surface area (Å²) >= 11 is 7.99. The monoisotopic (exact) mass is 441 g/mol. The van der Waals surface area contributed by atoms with Crippen molar-refractivity contribution in [1.29, 1.82) is 0 Å². The van der Waals surface area contributed by atoms with Gasteiger partial charge in [0.15, 0.2) is 0 Å². The third kappa shape index (κ3) is 4.42. The lowest BCUT2D eigenvalue weighted by atomic mass is 9.81. The Morgan fingerprint density at radius 2 is 2.10 bits per heavy atom. The molecule has 0 spiro atoms. The van der Waals surface area contributed by atoms with Crippen molar-refractivity contribution in [2.75, 3.05) is 6.54 Å². The van der Waals surface area contributed by atoms with Crippen LogP contribution < -0.4 is 5.32 Å². The van der Waals surface area contributed by atoms with Gasteiger partial charge in [0.25, 0.3) is 5.91 Å². The molecule has 3 aromatic rings. The van der Waals surface area contributed by atoms with E-state index in [1.54, 1.807) is 42.8 Å². The van der Waals surface area contributed by atoms with Crippen LogP contribution in [0, 0.1) is 0 Å². The number of carbonyl (C=O) groups excluding carboxylic acids is 1. The SMILES string of the molecule is CC1(O)CCN(Cc2ccncc2Cl)C(c2cccs2)C1NC(=O)c1ccccc1. The molecule has 156 valence electrons. The fourth-order valence-electron chi connectivity index (χ4n) is 4.00. The predicted octanol–water partition coefficient (Wildman–Crippen LogP) is 4.29. The smallest absolute Gasteiger partial charge is 0.251 e. The number of halogens is 1. The van der Waals surface area contributed by atoms with Crippen molar-refractivity contribution in [3.8, 4) is 0 Å². The van der Waals surface area contributed by atoms with Crippen LogP contribution in [0.3, 0.4) is 0 Å². The second-order valence-electron chi connectivity index (χ2n) is 7.82. The molecule has 4 rings (SSSR count). The van der Waals surface area contributed by atoms with E-state index in [9.17, 15) is 9.90 Å². The second-order valence-corrected chi connectivity index (χ2v) is 9.21. The molecular formula is C23H24ClN3O2S. The van der Waals surface area contributed by atoms with Gasteiger partial charge in [-0.2, -0.15) is 0 Å². The van der Waals surface area contributed by atoms with Crippen molar-refractivity contribution in [2.24, 2.45) is 0 Å². The molecule has 1 aliphatic heterocycles. The molecule has 3 heterocycles. The van der Waals surface area contributed by atoms with Crippen molar-refractivity contribution in [3.63, 3.8) is 0 Å². The zero-order valence-corrected chi connectivity index (χ0v) is 18.2. The first-order chi connectivity index (χ1) is 14.5. The highest BCUT2D eigenvalue weighted by atomic mass is 35.5. The number of hydrogen-bond donors (Lipinski definition) is 2. The third-order valence-electron chi connectivity index (χ3n) is 5.67. The van der Waals surface area contributed by atoms with Crippen LogP contribution in [0.1, 0.15) is 40.2 Å². The largest absolute Gasteiger partial charge is 0.388 e. The predicted molar refractivity (Wildman–Crippen MR) is 120 cm³/mol. The number of nitrogens with zero attached hydrogens (tertiary/aromatic N) is 2. The molecule has 2 aromatic heterocycles. The summed E-state index contributed by atoms with van der Waals surface area (Å²) in [6, 6.07) is 14.4. The van der Waals surface area contributed by atoms with E-state index in [-0.39, 0.29) is 11.9 Å². The van der Waals surface area contributed by atoms with Crippen LogP contribution >= 0.6 is 22.9 Å². The summed E-state index contributed by atoms with van der Waals surface area (Å²) in [5.74, 6) is -0.189. The minimum Gasteiger partial charge on any atom is -0.388 e. The number of aliphatic hydroxyl groups is 1. The molecule has 0 radical (unpaired) electrons. The molecule has 1 fully saturated rings. The number of pyridine rings is 1. The maximum absolute atomic E-state index is 13.0. The highest BCUT2D eigenvalue weighted by Gasteiger charge is 2.46. The zero-order chi connectivity index (χ0) is 21.1. The lowest BCUT2D eigenvalue weighted by Crippen LogP contribution is -2.62. The number of hydrogen-bond acceptors (Lipinski definition) is 5. The van der Waals surface area contributed by atoms with Crippen LogP contribution in [0.2, 0.25) is 5.02 Å². The molecule has 2 N–H and O–H groups in total. The highest BCUT2D eigenvalue weighted by molar-refractivity contribution is 7.10. The highest BCUT2D eigenvalue weighted by Crippen LogP contribution is 2.40. The number of likely N-dealkylation sites (tertiary alicyclic amines) is 1. The van der Waals surface area contributed by atoms with Crippen LogP contribution in [0.15, 0.2) is 66.3 Å². The first kappa shape index (κ1) is 21.0. The Bertz CT molecular complexity index is 995. The number of amides is 1. The van der Waals surface area contributed by atoms with Crippen molar-refractivity contribution < 1.29 is 9.90 Å². The van der Waals surface area contributed by atoms with Crippen molar-refractivity contribution in [1.82, 2.24) is 15.2 Å². The number of carbonyl (C=O) groups is 1. The quantitative estimate of drug-likeness (QED) is 0.619. The Labute approximate surface area is 185 Å². The van der Waals surface area contributed by atoms with Gasteiger partial charge in [0.05, 0.1) is 22.7 Å². The molecular weight excluding hydrogens is 418 g/mol. The first-order valence-electron chi connectivity index (χ1n) is 9.90. The summed E-state index contributed by atoms with van der Waals surface area (Å²) in [6.45, 7) is 3.10. The van der Waals surface area contributed by atoms with Gasteiger partial charge in [-0.1, -0.05) is 35.9 Å². The van der Waals surface area contributed by atoms with Gasteiger partial charge in [-0.25, -0.2) is 0 Å². The Kier molecular flexibility index (Phi) is 6.20. The number of nitrogens with one attached hydrogen (secondary N) is 1. The summed E-state index contributed by atoms with van der Waals surface area (Å²) < 4.78 is 0. The summed E-state index contributed by atoms with van der Waals surface area (Å²) in [5, 5.41) is 17.0. The van der Waals surface area contributed by atoms with Gasteiger partial charge in [0.2, 0.25) is 0 Å². The number of aromatic nitrogens is 1. The third-order valence-corrected chi connectivity index (χ3v) is 6.95. The molecule has 3 atom stereocenters. The van der Waals surface area contributed by atoms with Crippen LogP contribution in [0.25, 0.3) is 0 Å². The molecule has 30 heavy (non-hydrogen) atoms. The molecule has 0 bridgehead atoms. The van der Waals surface area contributed by atoms with Crippen LogP contribution in [0.5, 0.6) is 0 Å². The number of benzene rings is 1. The van der Waals surface area contributed by atoms with Gasteiger partial charge in [0.1, 0.15) is 0 Å². The Hall–Kier alpha value is -2.25. The van der Waals surface area contributed by atoms with Crippen molar-refractivity contribution >= 4 is 28.8 Å². The molecule has 1 aromatic carbocycles. The normalized spacial score (nSPS) is 24.5. The van der Waals surface area contributed by atoms with Crippen LogP contribution in [0.4, 0.5) is 0 Å². The Morgan fingerprint density at radius 3 is 2.80 bits per heavy atom. The van der Waals surface area contributed by atoms with Crippen LogP contribution in [-0.4, -0.2) is 39.1 Å². The van der Waals surface area contributed by atoms with E-state index < -0.39 is 11.6 Å². The van der Waals surface area contributed by atoms with Gasteiger partial charge in [-0.05, 0) is 48.6 Å². The number of piperidine rings is 1. The van der Waals surface area contributed by atoms with Crippen molar-refractivity contribution in [3.05, 3.63) is 87.3 Å². The Morgan fingerprint density at radius 1 is 1.30 bits per heavy atom. The fourth-order valence-corrected chi connectivity index (χ4v) is 5.07. The molecule has 5 nitrogen and oxygen atoms in total. The van der Waals surface area contributed by atoms with E-state index in [0.717, 1.165) is 10.4 Å². The summed E-state index contributed by atoms with van der Waals surface area (Å²) in [6.07, 6.45) is 3.92. The van der Waals surface area contributed by atoms with E-state index in [1.165, 1.54) is 0 Å². The zero-order valence-electron chi connectivity index (χ0n) is 16.7. The van der Waals surface area contributed by atoms with Crippen LogP contribution in [-0.2, 0) is 6.54 Å². The Balaban J connectivity index is 1.67. The lowest BCUT2D eigenvalue weighted by molar-refractivity contribution is -0.0656. The summed E-state index contributed by atoms with van der Waals surface area (Å²) in [5.41, 5.74) is 0.507. The van der Waals surface area contributed by atoms with E-state index in [4.69, 9.17) is 11.6 Å².